The second kappa shape index (κ2) is 4.42. The van der Waals surface area contributed by atoms with Gasteiger partial charge in [0.2, 0.25) is 0 Å². The van der Waals surface area contributed by atoms with Crippen molar-refractivity contribution in [2.75, 3.05) is 6.54 Å². The Balaban J connectivity index is 1.81. The van der Waals surface area contributed by atoms with E-state index in [0.717, 1.165) is 25.8 Å². The Kier molecular flexibility index (Phi) is 3.27. The predicted molar refractivity (Wildman–Crippen MR) is 67.7 cm³/mol. The standard InChI is InChI=1S/C13H23N3O/c1-12(2,3)16-9-11(8-15-16)7-14-10-13(17)5-4-6-13/h8-9,14,17H,4-7,10H2,1-3H3. The van der Waals surface area contributed by atoms with Crippen molar-refractivity contribution >= 4 is 0 Å². The summed E-state index contributed by atoms with van der Waals surface area (Å²) in [7, 11) is 0. The third-order valence-electron chi connectivity index (χ3n) is 3.39. The van der Waals surface area contributed by atoms with Crippen LogP contribution in [0.25, 0.3) is 0 Å². The number of aromatic nitrogens is 2. The lowest BCUT2D eigenvalue weighted by Gasteiger charge is -2.36. The van der Waals surface area contributed by atoms with Crippen molar-refractivity contribution < 1.29 is 5.11 Å². The number of hydrogen-bond acceptors (Lipinski definition) is 3. The van der Waals surface area contributed by atoms with Crippen molar-refractivity contribution in [1.82, 2.24) is 15.1 Å². The van der Waals surface area contributed by atoms with Gasteiger partial charge < -0.3 is 10.4 Å². The minimum atomic E-state index is -0.444. The van der Waals surface area contributed by atoms with Crippen LogP contribution in [0.3, 0.4) is 0 Å². The molecular weight excluding hydrogens is 214 g/mol. The predicted octanol–water partition coefficient (Wildman–Crippen LogP) is 1.64. The molecule has 0 amide bonds. The van der Waals surface area contributed by atoms with E-state index in [1.165, 1.54) is 5.56 Å². The quantitative estimate of drug-likeness (QED) is 0.837. The van der Waals surface area contributed by atoms with Crippen LogP contribution in [0.5, 0.6) is 0 Å². The van der Waals surface area contributed by atoms with E-state index in [-0.39, 0.29) is 5.54 Å². The Morgan fingerprint density at radius 1 is 1.47 bits per heavy atom. The Bertz CT molecular complexity index is 374. The van der Waals surface area contributed by atoms with E-state index in [1.807, 2.05) is 10.9 Å². The first-order valence-electron chi connectivity index (χ1n) is 6.36. The number of hydrogen-bond donors (Lipinski definition) is 2. The van der Waals surface area contributed by atoms with E-state index in [1.54, 1.807) is 0 Å². The molecule has 1 aromatic rings. The van der Waals surface area contributed by atoms with E-state index in [2.05, 4.69) is 37.4 Å². The first-order valence-corrected chi connectivity index (χ1v) is 6.36. The van der Waals surface area contributed by atoms with E-state index < -0.39 is 5.60 Å². The highest BCUT2D eigenvalue weighted by Crippen LogP contribution is 2.30. The molecule has 0 aromatic carbocycles. The van der Waals surface area contributed by atoms with E-state index >= 15 is 0 Å². The summed E-state index contributed by atoms with van der Waals surface area (Å²) in [6.07, 6.45) is 6.98. The van der Waals surface area contributed by atoms with Gasteiger partial charge in [0, 0.05) is 24.8 Å². The zero-order valence-electron chi connectivity index (χ0n) is 11.0. The molecule has 0 radical (unpaired) electrons. The van der Waals surface area contributed by atoms with Crippen LogP contribution < -0.4 is 5.32 Å². The highest BCUT2D eigenvalue weighted by atomic mass is 16.3. The molecule has 2 N–H and O–H groups in total. The largest absolute Gasteiger partial charge is 0.389 e. The lowest BCUT2D eigenvalue weighted by molar-refractivity contribution is -0.0314. The average Bonchev–Trinajstić information content (AvgIpc) is 2.63. The molecular formula is C13H23N3O. The minimum absolute atomic E-state index is 0.0322. The van der Waals surface area contributed by atoms with Crippen molar-refractivity contribution in [3.05, 3.63) is 18.0 Å². The van der Waals surface area contributed by atoms with Crippen LogP contribution in [0.4, 0.5) is 0 Å². The molecule has 1 aliphatic carbocycles. The SMILES string of the molecule is CC(C)(C)n1cc(CNCC2(O)CCC2)cn1. The fourth-order valence-corrected chi connectivity index (χ4v) is 2.02. The van der Waals surface area contributed by atoms with Gasteiger partial charge in [0.1, 0.15) is 0 Å². The Morgan fingerprint density at radius 2 is 2.18 bits per heavy atom. The maximum absolute atomic E-state index is 9.94. The van der Waals surface area contributed by atoms with Crippen LogP contribution in [0.1, 0.15) is 45.6 Å². The van der Waals surface area contributed by atoms with Crippen LogP contribution in [-0.2, 0) is 12.1 Å². The minimum Gasteiger partial charge on any atom is -0.389 e. The summed E-state index contributed by atoms with van der Waals surface area (Å²) in [4.78, 5) is 0. The van der Waals surface area contributed by atoms with Gasteiger partial charge in [-0.3, -0.25) is 4.68 Å². The van der Waals surface area contributed by atoms with Crippen LogP contribution in [0.2, 0.25) is 0 Å². The molecule has 0 spiro atoms. The number of aliphatic hydroxyl groups is 1. The van der Waals surface area contributed by atoms with E-state index in [4.69, 9.17) is 0 Å². The van der Waals surface area contributed by atoms with Gasteiger partial charge in [-0.15, -0.1) is 0 Å². The second-order valence-corrected chi connectivity index (χ2v) is 6.15. The summed E-state index contributed by atoms with van der Waals surface area (Å²) in [6.45, 7) is 7.86. The second-order valence-electron chi connectivity index (χ2n) is 6.15. The van der Waals surface area contributed by atoms with Gasteiger partial charge in [0.15, 0.2) is 0 Å². The molecule has 2 rings (SSSR count). The summed E-state index contributed by atoms with van der Waals surface area (Å²) in [5.74, 6) is 0. The van der Waals surface area contributed by atoms with Gasteiger partial charge in [-0.1, -0.05) is 0 Å². The molecule has 4 heteroatoms. The molecule has 1 aromatic heterocycles. The molecule has 1 aliphatic rings. The molecule has 1 fully saturated rings. The summed E-state index contributed by atoms with van der Waals surface area (Å²) in [5.41, 5.74) is 0.757. The molecule has 17 heavy (non-hydrogen) atoms. The van der Waals surface area contributed by atoms with Gasteiger partial charge in [0.05, 0.1) is 17.3 Å². The molecule has 1 saturated carbocycles. The Morgan fingerprint density at radius 3 is 2.65 bits per heavy atom. The van der Waals surface area contributed by atoms with Crippen LogP contribution in [0.15, 0.2) is 12.4 Å². The summed E-state index contributed by atoms with van der Waals surface area (Å²) in [6, 6.07) is 0. The van der Waals surface area contributed by atoms with Gasteiger partial charge in [-0.2, -0.15) is 5.10 Å². The van der Waals surface area contributed by atoms with Crippen molar-refractivity contribution in [3.8, 4) is 0 Å². The van der Waals surface area contributed by atoms with Crippen molar-refractivity contribution in [2.45, 2.75) is 57.7 Å². The van der Waals surface area contributed by atoms with E-state index in [9.17, 15) is 5.11 Å². The Hall–Kier alpha value is -0.870. The zero-order chi connectivity index (χ0) is 12.5. The molecule has 0 aliphatic heterocycles. The molecule has 0 saturated heterocycles. The molecule has 96 valence electrons. The molecule has 0 atom stereocenters. The topological polar surface area (TPSA) is 50.1 Å². The van der Waals surface area contributed by atoms with Crippen LogP contribution >= 0.6 is 0 Å². The van der Waals surface area contributed by atoms with Gasteiger partial charge in [-0.05, 0) is 40.0 Å². The number of nitrogens with one attached hydrogen (secondary N) is 1. The van der Waals surface area contributed by atoms with Gasteiger partial charge in [0.25, 0.3) is 0 Å². The number of rotatable bonds is 4. The molecule has 0 bridgehead atoms. The third kappa shape index (κ3) is 3.07. The smallest absolute Gasteiger partial charge is 0.0771 e. The van der Waals surface area contributed by atoms with Crippen molar-refractivity contribution in [3.63, 3.8) is 0 Å². The maximum atomic E-state index is 9.94. The first-order chi connectivity index (χ1) is 7.89. The summed E-state index contributed by atoms with van der Waals surface area (Å²) >= 11 is 0. The highest BCUT2D eigenvalue weighted by molar-refractivity contribution is 5.05. The number of nitrogens with zero attached hydrogens (tertiary/aromatic N) is 2. The summed E-state index contributed by atoms with van der Waals surface area (Å²) in [5, 5.41) is 17.6. The van der Waals surface area contributed by atoms with Gasteiger partial charge >= 0.3 is 0 Å². The lowest BCUT2D eigenvalue weighted by atomic mass is 9.80. The summed E-state index contributed by atoms with van der Waals surface area (Å²) < 4.78 is 1.97. The zero-order valence-corrected chi connectivity index (χ0v) is 11.0. The molecule has 0 unspecified atom stereocenters. The maximum Gasteiger partial charge on any atom is 0.0771 e. The van der Waals surface area contributed by atoms with E-state index in [0.29, 0.717) is 6.54 Å². The third-order valence-corrected chi connectivity index (χ3v) is 3.39. The fraction of sp³-hybridized carbons (Fsp3) is 0.769. The molecule has 1 heterocycles. The van der Waals surface area contributed by atoms with Crippen molar-refractivity contribution in [1.29, 1.82) is 0 Å². The first kappa shape index (κ1) is 12.6. The monoisotopic (exact) mass is 237 g/mol. The van der Waals surface area contributed by atoms with Crippen molar-refractivity contribution in [2.24, 2.45) is 0 Å². The van der Waals surface area contributed by atoms with Crippen LogP contribution in [0, 0.1) is 0 Å². The lowest BCUT2D eigenvalue weighted by Crippen LogP contribution is -2.45. The fourth-order valence-electron chi connectivity index (χ4n) is 2.02. The average molecular weight is 237 g/mol. The highest BCUT2D eigenvalue weighted by Gasteiger charge is 2.33. The van der Waals surface area contributed by atoms with Crippen LogP contribution in [-0.4, -0.2) is 27.0 Å². The van der Waals surface area contributed by atoms with Gasteiger partial charge in [-0.25, -0.2) is 0 Å². The normalized spacial score (nSPS) is 19.1. The molecule has 4 nitrogen and oxygen atoms in total. The Labute approximate surface area is 103 Å².